The lowest BCUT2D eigenvalue weighted by atomic mass is 9.67. The molecule has 1 aliphatic carbocycles. The van der Waals surface area contributed by atoms with E-state index in [1.54, 1.807) is 0 Å². The molecule has 1 amide bonds. The van der Waals surface area contributed by atoms with Gasteiger partial charge >= 0.3 is 0 Å². The van der Waals surface area contributed by atoms with Crippen LogP contribution in [0.4, 0.5) is 0 Å². The zero-order valence-electron chi connectivity index (χ0n) is 11.0. The van der Waals surface area contributed by atoms with Crippen molar-refractivity contribution in [2.24, 2.45) is 17.6 Å². The van der Waals surface area contributed by atoms with E-state index in [1.807, 2.05) is 0 Å². The van der Waals surface area contributed by atoms with Gasteiger partial charge in [-0.05, 0) is 63.3 Å². The van der Waals surface area contributed by atoms with Crippen LogP contribution in [0.15, 0.2) is 0 Å². The van der Waals surface area contributed by atoms with Gasteiger partial charge in [0, 0.05) is 6.61 Å². The van der Waals surface area contributed by atoms with Crippen LogP contribution in [0.3, 0.4) is 0 Å². The topological polar surface area (TPSA) is 64.4 Å². The van der Waals surface area contributed by atoms with E-state index in [9.17, 15) is 4.79 Å². The zero-order chi connectivity index (χ0) is 12.6. The molecule has 18 heavy (non-hydrogen) atoms. The highest BCUT2D eigenvalue weighted by atomic mass is 16.5. The molecule has 2 saturated heterocycles. The van der Waals surface area contributed by atoms with Crippen LogP contribution >= 0.6 is 0 Å². The molecule has 3 unspecified atom stereocenters. The van der Waals surface area contributed by atoms with Gasteiger partial charge in [-0.1, -0.05) is 0 Å². The molecule has 0 aromatic heterocycles. The third-order valence-corrected chi connectivity index (χ3v) is 5.25. The fourth-order valence-electron chi connectivity index (χ4n) is 3.98. The molecule has 3 aliphatic rings. The van der Waals surface area contributed by atoms with Gasteiger partial charge < -0.3 is 15.8 Å². The highest BCUT2D eigenvalue weighted by Crippen LogP contribution is 2.47. The molecule has 2 heterocycles. The summed E-state index contributed by atoms with van der Waals surface area (Å²) in [5, 5.41) is 3.23. The van der Waals surface area contributed by atoms with Crippen LogP contribution in [-0.4, -0.2) is 30.7 Å². The Morgan fingerprint density at radius 2 is 2.11 bits per heavy atom. The smallest absolute Gasteiger partial charge is 0.234 e. The van der Waals surface area contributed by atoms with Crippen LogP contribution in [0.25, 0.3) is 0 Å². The van der Waals surface area contributed by atoms with Gasteiger partial charge in [-0.2, -0.15) is 0 Å². The van der Waals surface area contributed by atoms with E-state index < -0.39 is 0 Å². The Bertz CT molecular complexity index is 328. The summed E-state index contributed by atoms with van der Waals surface area (Å²) in [6.45, 7) is 1.85. The first kappa shape index (κ1) is 12.4. The Balaban J connectivity index is 1.61. The molecule has 3 fully saturated rings. The van der Waals surface area contributed by atoms with Crippen molar-refractivity contribution in [3.05, 3.63) is 0 Å². The molecule has 3 atom stereocenters. The van der Waals surface area contributed by atoms with E-state index in [0.29, 0.717) is 5.92 Å². The maximum atomic E-state index is 11.3. The van der Waals surface area contributed by atoms with Gasteiger partial charge in [-0.25, -0.2) is 0 Å². The number of hydrogen-bond donors (Lipinski definition) is 2. The third kappa shape index (κ3) is 2.28. The summed E-state index contributed by atoms with van der Waals surface area (Å²) < 4.78 is 5.99. The number of carbonyl (C=O) groups is 1. The standard InChI is InChI=1S/C14H24N2O2/c15-13(17)12-8-10(2-6-16-12)11-3-7-18-14(9-11)4-1-5-14/h10-12,16H,1-9H2,(H2,15,17). The van der Waals surface area contributed by atoms with Crippen molar-refractivity contribution in [1.29, 1.82) is 0 Å². The first-order valence-corrected chi connectivity index (χ1v) is 7.35. The van der Waals surface area contributed by atoms with Crippen LogP contribution in [-0.2, 0) is 9.53 Å². The summed E-state index contributed by atoms with van der Waals surface area (Å²) in [4.78, 5) is 11.3. The fourth-order valence-corrected chi connectivity index (χ4v) is 3.98. The molecule has 4 heteroatoms. The molecule has 3 rings (SSSR count). The lowest BCUT2D eigenvalue weighted by Crippen LogP contribution is -2.51. The Hall–Kier alpha value is -0.610. The number of hydrogen-bond acceptors (Lipinski definition) is 3. The summed E-state index contributed by atoms with van der Waals surface area (Å²) in [6.07, 6.45) is 8.30. The Morgan fingerprint density at radius 1 is 1.28 bits per heavy atom. The van der Waals surface area contributed by atoms with E-state index in [-0.39, 0.29) is 17.6 Å². The van der Waals surface area contributed by atoms with Gasteiger partial charge in [0.25, 0.3) is 0 Å². The SMILES string of the molecule is NC(=O)C1CC(C2CCOC3(CCC3)C2)CCN1. The van der Waals surface area contributed by atoms with Crippen LogP contribution in [0, 0.1) is 11.8 Å². The number of ether oxygens (including phenoxy) is 1. The minimum absolute atomic E-state index is 0.107. The van der Waals surface area contributed by atoms with E-state index in [1.165, 1.54) is 32.1 Å². The van der Waals surface area contributed by atoms with Gasteiger partial charge in [0.15, 0.2) is 0 Å². The summed E-state index contributed by atoms with van der Waals surface area (Å²) in [5.74, 6) is 1.21. The molecular formula is C14H24N2O2. The quantitative estimate of drug-likeness (QED) is 0.776. The predicted molar refractivity (Wildman–Crippen MR) is 69.0 cm³/mol. The van der Waals surface area contributed by atoms with Crippen LogP contribution in [0.1, 0.15) is 44.9 Å². The number of carbonyl (C=O) groups excluding carboxylic acids is 1. The monoisotopic (exact) mass is 252 g/mol. The van der Waals surface area contributed by atoms with E-state index >= 15 is 0 Å². The van der Waals surface area contributed by atoms with E-state index in [4.69, 9.17) is 10.5 Å². The number of nitrogens with two attached hydrogens (primary N) is 1. The summed E-state index contributed by atoms with van der Waals surface area (Å²) in [7, 11) is 0. The van der Waals surface area contributed by atoms with Crippen molar-refractivity contribution in [3.8, 4) is 0 Å². The molecule has 1 saturated carbocycles. The molecule has 0 aromatic rings. The highest BCUT2D eigenvalue weighted by Gasteiger charge is 2.45. The Labute approximate surface area is 109 Å². The van der Waals surface area contributed by atoms with E-state index in [2.05, 4.69) is 5.32 Å². The molecule has 0 radical (unpaired) electrons. The van der Waals surface area contributed by atoms with Gasteiger partial charge in [0.05, 0.1) is 11.6 Å². The molecule has 0 bridgehead atoms. The average Bonchev–Trinajstić information content (AvgIpc) is 2.37. The third-order valence-electron chi connectivity index (χ3n) is 5.25. The van der Waals surface area contributed by atoms with Crippen LogP contribution < -0.4 is 11.1 Å². The van der Waals surface area contributed by atoms with Crippen molar-refractivity contribution in [2.45, 2.75) is 56.6 Å². The van der Waals surface area contributed by atoms with Crippen molar-refractivity contribution in [2.75, 3.05) is 13.2 Å². The van der Waals surface area contributed by atoms with E-state index in [0.717, 1.165) is 31.9 Å². The minimum atomic E-state index is -0.190. The van der Waals surface area contributed by atoms with Gasteiger partial charge in [-0.15, -0.1) is 0 Å². The fraction of sp³-hybridized carbons (Fsp3) is 0.929. The maximum Gasteiger partial charge on any atom is 0.234 e. The van der Waals surface area contributed by atoms with Crippen molar-refractivity contribution in [1.82, 2.24) is 5.32 Å². The molecule has 1 spiro atoms. The number of nitrogens with one attached hydrogen (secondary N) is 1. The molecule has 2 aliphatic heterocycles. The predicted octanol–water partition coefficient (Wildman–Crippen LogP) is 1.19. The lowest BCUT2D eigenvalue weighted by Gasteiger charge is -2.49. The van der Waals surface area contributed by atoms with Gasteiger partial charge in [-0.3, -0.25) is 4.79 Å². The summed E-state index contributed by atoms with van der Waals surface area (Å²) >= 11 is 0. The second-order valence-corrected chi connectivity index (χ2v) is 6.33. The number of piperidine rings is 1. The molecule has 0 aromatic carbocycles. The number of amides is 1. The average molecular weight is 252 g/mol. The van der Waals surface area contributed by atoms with Crippen molar-refractivity contribution >= 4 is 5.91 Å². The first-order chi connectivity index (χ1) is 8.69. The van der Waals surface area contributed by atoms with Crippen molar-refractivity contribution < 1.29 is 9.53 Å². The molecule has 4 nitrogen and oxygen atoms in total. The van der Waals surface area contributed by atoms with Gasteiger partial charge in [0.1, 0.15) is 0 Å². The largest absolute Gasteiger partial charge is 0.375 e. The summed E-state index contributed by atoms with van der Waals surface area (Å²) in [5.41, 5.74) is 5.64. The zero-order valence-corrected chi connectivity index (χ0v) is 11.0. The van der Waals surface area contributed by atoms with Crippen molar-refractivity contribution in [3.63, 3.8) is 0 Å². The maximum absolute atomic E-state index is 11.3. The Kier molecular flexibility index (Phi) is 3.32. The molecule has 102 valence electrons. The number of rotatable bonds is 2. The van der Waals surface area contributed by atoms with Crippen LogP contribution in [0.2, 0.25) is 0 Å². The molecule has 3 N–H and O–H groups in total. The lowest BCUT2D eigenvalue weighted by molar-refractivity contribution is -0.152. The van der Waals surface area contributed by atoms with Gasteiger partial charge in [0.2, 0.25) is 5.91 Å². The van der Waals surface area contributed by atoms with Crippen LogP contribution in [0.5, 0.6) is 0 Å². The molecular weight excluding hydrogens is 228 g/mol. The normalized spacial score (nSPS) is 39.2. The summed E-state index contributed by atoms with van der Waals surface area (Å²) in [6, 6.07) is -0.107. The second-order valence-electron chi connectivity index (χ2n) is 6.33. The number of primary amides is 1. The highest BCUT2D eigenvalue weighted by molar-refractivity contribution is 5.79. The second kappa shape index (κ2) is 4.82. The first-order valence-electron chi connectivity index (χ1n) is 7.35. The minimum Gasteiger partial charge on any atom is -0.375 e. The Morgan fingerprint density at radius 3 is 2.78 bits per heavy atom.